The number of benzene rings is 2. The van der Waals surface area contributed by atoms with Gasteiger partial charge in [0, 0.05) is 23.6 Å². The Morgan fingerprint density at radius 2 is 1.74 bits per heavy atom. The average molecular weight is 363 g/mol. The van der Waals surface area contributed by atoms with Gasteiger partial charge in [0.25, 0.3) is 0 Å². The van der Waals surface area contributed by atoms with Crippen molar-refractivity contribution in [2.45, 2.75) is 33.3 Å². The first-order valence-electron chi connectivity index (χ1n) is 8.80. The van der Waals surface area contributed by atoms with Crippen LogP contribution in [0.4, 0.5) is 0 Å². The fourth-order valence-corrected chi connectivity index (χ4v) is 2.62. The summed E-state index contributed by atoms with van der Waals surface area (Å²) in [5.74, 6) is 0.117. The molecule has 5 nitrogen and oxygen atoms in total. The molecule has 0 fully saturated rings. The quantitative estimate of drug-likeness (QED) is 0.451. The average Bonchev–Trinajstić information content (AvgIpc) is 3.16. The second kappa shape index (κ2) is 8.45. The molecule has 2 aromatic carbocycles. The van der Waals surface area contributed by atoms with Crippen LogP contribution in [-0.2, 0) is 16.1 Å². The molecule has 1 heterocycles. The number of carbonyl (C=O) groups excluding carboxylic acids is 2. The summed E-state index contributed by atoms with van der Waals surface area (Å²) in [5, 5.41) is 3.91. The highest BCUT2D eigenvalue weighted by Crippen LogP contribution is 2.20. The monoisotopic (exact) mass is 363 g/mol. The normalized spacial score (nSPS) is 10.6. The summed E-state index contributed by atoms with van der Waals surface area (Å²) in [5.41, 5.74) is 4.25. The first kappa shape index (κ1) is 18.6. The summed E-state index contributed by atoms with van der Waals surface area (Å²) < 4.78 is 10.5. The number of hydrogen-bond donors (Lipinski definition) is 0. The van der Waals surface area contributed by atoms with Crippen molar-refractivity contribution in [1.82, 2.24) is 5.16 Å². The van der Waals surface area contributed by atoms with Crippen LogP contribution in [0.3, 0.4) is 0 Å². The van der Waals surface area contributed by atoms with Gasteiger partial charge in [-0.2, -0.15) is 0 Å². The number of ether oxygens (including phenoxy) is 1. The molecule has 0 atom stereocenters. The van der Waals surface area contributed by atoms with Gasteiger partial charge in [-0.15, -0.1) is 0 Å². The Morgan fingerprint density at radius 3 is 2.48 bits per heavy atom. The lowest BCUT2D eigenvalue weighted by atomic mass is 10.0. The molecule has 138 valence electrons. The number of carbonyl (C=O) groups is 2. The van der Waals surface area contributed by atoms with Gasteiger partial charge >= 0.3 is 5.97 Å². The Balaban J connectivity index is 1.48. The Bertz CT molecular complexity index is 944. The molecule has 0 spiro atoms. The molecule has 5 heteroatoms. The molecule has 0 bridgehead atoms. The summed E-state index contributed by atoms with van der Waals surface area (Å²) in [6.45, 7) is 3.98. The molecule has 0 amide bonds. The van der Waals surface area contributed by atoms with Crippen LogP contribution in [0.25, 0.3) is 11.3 Å². The van der Waals surface area contributed by atoms with E-state index in [0.29, 0.717) is 17.0 Å². The number of hydrogen-bond acceptors (Lipinski definition) is 5. The largest absolute Gasteiger partial charge is 0.459 e. The molecule has 0 N–H and O–H groups in total. The standard InChI is InChI=1S/C22H21NO4/c1-15-8-9-18(12-16(15)2)20(24)10-11-22(25)26-14-19-13-21(27-23-19)17-6-4-3-5-7-17/h3-9,12-13H,10-11,14H2,1-2H3. The minimum absolute atomic E-state index is 0.0208. The summed E-state index contributed by atoms with van der Waals surface area (Å²) in [7, 11) is 0. The molecule has 3 rings (SSSR count). The van der Waals surface area contributed by atoms with Crippen LogP contribution in [0, 0.1) is 13.8 Å². The van der Waals surface area contributed by atoms with Gasteiger partial charge in [-0.05, 0) is 31.0 Å². The highest BCUT2D eigenvalue weighted by molar-refractivity contribution is 5.97. The summed E-state index contributed by atoms with van der Waals surface area (Å²) in [6.07, 6.45) is 0.157. The molecule has 0 radical (unpaired) electrons. The van der Waals surface area contributed by atoms with Gasteiger partial charge in [-0.25, -0.2) is 0 Å². The van der Waals surface area contributed by atoms with Crippen LogP contribution < -0.4 is 0 Å². The van der Waals surface area contributed by atoms with Crippen molar-refractivity contribution in [3.8, 4) is 11.3 Å². The molecule has 1 aromatic heterocycles. The smallest absolute Gasteiger partial charge is 0.306 e. The highest BCUT2D eigenvalue weighted by atomic mass is 16.5. The molecule has 0 aliphatic rings. The fourth-order valence-electron chi connectivity index (χ4n) is 2.62. The van der Waals surface area contributed by atoms with Crippen LogP contribution in [0.2, 0.25) is 0 Å². The van der Waals surface area contributed by atoms with Crippen molar-refractivity contribution in [3.05, 3.63) is 77.0 Å². The Morgan fingerprint density at radius 1 is 0.963 bits per heavy atom. The van der Waals surface area contributed by atoms with E-state index in [-0.39, 0.29) is 25.2 Å². The molecular formula is C22H21NO4. The van der Waals surface area contributed by atoms with Gasteiger partial charge in [0.1, 0.15) is 12.3 Å². The van der Waals surface area contributed by atoms with E-state index in [4.69, 9.17) is 9.26 Å². The maximum Gasteiger partial charge on any atom is 0.306 e. The second-order valence-corrected chi connectivity index (χ2v) is 6.43. The maximum atomic E-state index is 12.2. The van der Waals surface area contributed by atoms with E-state index >= 15 is 0 Å². The number of ketones is 1. The van der Waals surface area contributed by atoms with Crippen LogP contribution in [0.5, 0.6) is 0 Å². The number of aromatic nitrogens is 1. The summed E-state index contributed by atoms with van der Waals surface area (Å²) in [6, 6.07) is 16.8. The molecule has 0 saturated heterocycles. The third kappa shape index (κ3) is 4.91. The van der Waals surface area contributed by atoms with Gasteiger partial charge in [0.05, 0.1) is 6.42 Å². The van der Waals surface area contributed by atoms with E-state index in [2.05, 4.69) is 5.16 Å². The Hall–Kier alpha value is -3.21. The van der Waals surface area contributed by atoms with Crippen LogP contribution in [0.1, 0.15) is 40.0 Å². The second-order valence-electron chi connectivity index (χ2n) is 6.43. The lowest BCUT2D eigenvalue weighted by Crippen LogP contribution is -2.08. The minimum Gasteiger partial charge on any atom is -0.459 e. The van der Waals surface area contributed by atoms with E-state index < -0.39 is 5.97 Å². The molecule has 3 aromatic rings. The molecule has 0 aliphatic carbocycles. The van der Waals surface area contributed by atoms with Crippen molar-refractivity contribution >= 4 is 11.8 Å². The van der Waals surface area contributed by atoms with Crippen LogP contribution in [0.15, 0.2) is 59.1 Å². The van der Waals surface area contributed by atoms with Crippen molar-refractivity contribution in [2.75, 3.05) is 0 Å². The van der Waals surface area contributed by atoms with Gasteiger partial charge in [0.15, 0.2) is 11.5 Å². The SMILES string of the molecule is Cc1ccc(C(=O)CCC(=O)OCc2cc(-c3ccccc3)on2)cc1C. The number of esters is 1. The zero-order chi connectivity index (χ0) is 19.2. The van der Waals surface area contributed by atoms with Gasteiger partial charge in [-0.3, -0.25) is 9.59 Å². The lowest BCUT2D eigenvalue weighted by Gasteiger charge is -2.05. The zero-order valence-electron chi connectivity index (χ0n) is 15.4. The van der Waals surface area contributed by atoms with E-state index in [9.17, 15) is 9.59 Å². The predicted molar refractivity (Wildman–Crippen MR) is 101 cm³/mol. The molecular weight excluding hydrogens is 342 g/mol. The lowest BCUT2D eigenvalue weighted by molar-refractivity contribution is -0.145. The van der Waals surface area contributed by atoms with Crippen molar-refractivity contribution in [3.63, 3.8) is 0 Å². The fraction of sp³-hybridized carbons (Fsp3) is 0.227. The van der Waals surface area contributed by atoms with E-state index in [1.807, 2.05) is 56.3 Å². The van der Waals surface area contributed by atoms with Crippen molar-refractivity contribution in [2.24, 2.45) is 0 Å². The Labute approximate surface area is 158 Å². The molecule has 0 unspecified atom stereocenters. The molecule has 0 aliphatic heterocycles. The molecule has 27 heavy (non-hydrogen) atoms. The molecule has 0 saturated carbocycles. The Kier molecular flexibility index (Phi) is 5.81. The number of nitrogens with zero attached hydrogens (tertiary/aromatic N) is 1. The topological polar surface area (TPSA) is 69.4 Å². The highest BCUT2D eigenvalue weighted by Gasteiger charge is 2.13. The number of Topliss-reactive ketones (excluding diaryl/α,β-unsaturated/α-hetero) is 1. The predicted octanol–water partition coefficient (Wildman–Crippen LogP) is 4.66. The third-order valence-electron chi connectivity index (χ3n) is 4.38. The van der Waals surface area contributed by atoms with E-state index in [1.165, 1.54) is 0 Å². The van der Waals surface area contributed by atoms with Crippen molar-refractivity contribution < 1.29 is 18.8 Å². The van der Waals surface area contributed by atoms with Crippen LogP contribution in [-0.4, -0.2) is 16.9 Å². The number of aryl methyl sites for hydroxylation is 2. The van der Waals surface area contributed by atoms with Gasteiger partial charge in [-0.1, -0.05) is 47.6 Å². The summed E-state index contributed by atoms with van der Waals surface area (Å²) >= 11 is 0. The first-order chi connectivity index (χ1) is 13.0. The van der Waals surface area contributed by atoms with Crippen LogP contribution >= 0.6 is 0 Å². The minimum atomic E-state index is -0.434. The van der Waals surface area contributed by atoms with Gasteiger partial charge < -0.3 is 9.26 Å². The third-order valence-corrected chi connectivity index (χ3v) is 4.38. The first-order valence-corrected chi connectivity index (χ1v) is 8.80. The van der Waals surface area contributed by atoms with E-state index in [0.717, 1.165) is 16.7 Å². The zero-order valence-corrected chi connectivity index (χ0v) is 15.4. The van der Waals surface area contributed by atoms with E-state index in [1.54, 1.807) is 12.1 Å². The van der Waals surface area contributed by atoms with Crippen molar-refractivity contribution in [1.29, 1.82) is 0 Å². The summed E-state index contributed by atoms with van der Waals surface area (Å²) in [4.78, 5) is 24.1. The van der Waals surface area contributed by atoms with Gasteiger partial charge in [0.2, 0.25) is 0 Å². The number of rotatable bonds is 7. The maximum absolute atomic E-state index is 12.2.